The molecule has 8 nitrogen and oxygen atoms in total. The Bertz CT molecular complexity index is 1510. The molecule has 0 saturated heterocycles. The molecular weight excluding hydrogens is 555 g/mol. The van der Waals surface area contributed by atoms with Gasteiger partial charge in [0.2, 0.25) is 5.95 Å². The molecule has 1 unspecified atom stereocenters. The predicted octanol–water partition coefficient (Wildman–Crippen LogP) is 5.80. The summed E-state index contributed by atoms with van der Waals surface area (Å²) >= 11 is 3.57. The highest BCUT2D eigenvalue weighted by molar-refractivity contribution is 9.10. The molecule has 3 aromatic carbocycles. The number of benzene rings is 3. The Morgan fingerprint density at radius 3 is 2.63 bits per heavy atom. The number of methoxy groups -OCH3 is 1. The summed E-state index contributed by atoms with van der Waals surface area (Å²) in [5, 5.41) is 7.50. The van der Waals surface area contributed by atoms with E-state index in [0.29, 0.717) is 44.3 Å². The van der Waals surface area contributed by atoms with Crippen LogP contribution in [-0.2, 0) is 22.7 Å². The van der Waals surface area contributed by atoms with Gasteiger partial charge in [-0.3, -0.25) is 0 Å². The standard InChI is InChI=1S/C28H24BrFN4O4/c1-17-24(27(35)38-14-18-8-4-3-5-9-18)25(34-28(33-17)31-16-32-34)20-12-21(29)26(23(13-20)36-2)37-15-19-10-6-7-11-22(19)30/h3-13,16,25H,14-15H2,1-2H3,(H,31,32,33). The minimum atomic E-state index is -0.650. The Hall–Kier alpha value is -4.18. The number of allylic oxidation sites excluding steroid dienone is 1. The molecule has 1 aromatic heterocycles. The minimum absolute atomic E-state index is 0.0115. The van der Waals surface area contributed by atoms with Gasteiger partial charge in [0.1, 0.15) is 31.4 Å². The summed E-state index contributed by atoms with van der Waals surface area (Å²) in [6.07, 6.45) is 1.42. The van der Waals surface area contributed by atoms with E-state index < -0.39 is 12.0 Å². The van der Waals surface area contributed by atoms with Crippen LogP contribution in [0.5, 0.6) is 11.5 Å². The van der Waals surface area contributed by atoms with Crippen molar-refractivity contribution < 1.29 is 23.4 Å². The molecule has 2 heterocycles. The summed E-state index contributed by atoms with van der Waals surface area (Å²) in [6.45, 7) is 1.93. The van der Waals surface area contributed by atoms with Crippen molar-refractivity contribution in [2.45, 2.75) is 26.2 Å². The molecule has 0 bridgehead atoms. The van der Waals surface area contributed by atoms with Gasteiger partial charge in [-0.05, 0) is 52.2 Å². The summed E-state index contributed by atoms with van der Waals surface area (Å²) in [6, 6.07) is 18.8. The summed E-state index contributed by atoms with van der Waals surface area (Å²) in [7, 11) is 1.51. The fourth-order valence-electron chi connectivity index (χ4n) is 4.27. The number of rotatable bonds is 8. The van der Waals surface area contributed by atoms with Crippen molar-refractivity contribution in [3.8, 4) is 11.5 Å². The van der Waals surface area contributed by atoms with Gasteiger partial charge in [0.25, 0.3) is 0 Å². The van der Waals surface area contributed by atoms with Crippen molar-refractivity contribution >= 4 is 27.8 Å². The van der Waals surface area contributed by atoms with Crippen LogP contribution in [0.2, 0.25) is 0 Å². The maximum atomic E-state index is 14.1. The lowest BCUT2D eigenvalue weighted by molar-refractivity contribution is -0.140. The van der Waals surface area contributed by atoms with Gasteiger partial charge >= 0.3 is 5.97 Å². The van der Waals surface area contributed by atoms with Gasteiger partial charge in [-0.1, -0.05) is 48.5 Å². The molecule has 0 radical (unpaired) electrons. The molecule has 0 fully saturated rings. The highest BCUT2D eigenvalue weighted by Crippen LogP contribution is 2.43. The number of nitrogens with one attached hydrogen (secondary N) is 1. The Morgan fingerprint density at radius 2 is 1.87 bits per heavy atom. The van der Waals surface area contributed by atoms with Crippen molar-refractivity contribution in [3.63, 3.8) is 0 Å². The first kappa shape index (κ1) is 25.5. The molecule has 1 atom stereocenters. The average molecular weight is 579 g/mol. The van der Waals surface area contributed by atoms with Gasteiger partial charge in [-0.2, -0.15) is 10.1 Å². The fraction of sp³-hybridized carbons (Fsp3) is 0.179. The summed E-state index contributed by atoms with van der Waals surface area (Å²) in [5.74, 6) is 0.454. The second-order valence-electron chi connectivity index (χ2n) is 8.57. The van der Waals surface area contributed by atoms with Crippen LogP contribution in [-0.4, -0.2) is 27.8 Å². The van der Waals surface area contributed by atoms with Crippen LogP contribution < -0.4 is 14.8 Å². The Morgan fingerprint density at radius 1 is 1.11 bits per heavy atom. The molecule has 0 saturated carbocycles. The molecule has 1 aliphatic heterocycles. The van der Waals surface area contributed by atoms with Gasteiger partial charge in [0, 0.05) is 11.3 Å². The monoisotopic (exact) mass is 578 g/mol. The molecular formula is C28H24BrFN4O4. The van der Waals surface area contributed by atoms with E-state index in [4.69, 9.17) is 14.2 Å². The zero-order valence-electron chi connectivity index (χ0n) is 20.7. The molecule has 0 spiro atoms. The number of hydrogen-bond donors (Lipinski definition) is 1. The zero-order chi connectivity index (χ0) is 26.6. The van der Waals surface area contributed by atoms with E-state index in [1.54, 1.807) is 35.9 Å². The average Bonchev–Trinajstić information content (AvgIpc) is 3.39. The molecule has 5 rings (SSSR count). The topological polar surface area (TPSA) is 87.5 Å². The van der Waals surface area contributed by atoms with Crippen molar-refractivity contribution in [1.29, 1.82) is 0 Å². The van der Waals surface area contributed by atoms with Gasteiger partial charge in [-0.15, -0.1) is 0 Å². The molecule has 4 aromatic rings. The lowest BCUT2D eigenvalue weighted by Gasteiger charge is -2.29. The molecule has 194 valence electrons. The van der Waals surface area contributed by atoms with E-state index in [-0.39, 0.29) is 19.0 Å². The van der Waals surface area contributed by atoms with Crippen LogP contribution >= 0.6 is 15.9 Å². The third-order valence-electron chi connectivity index (χ3n) is 6.12. The number of anilines is 1. The van der Waals surface area contributed by atoms with Crippen molar-refractivity contribution in [2.24, 2.45) is 0 Å². The minimum Gasteiger partial charge on any atom is -0.493 e. The van der Waals surface area contributed by atoms with Crippen molar-refractivity contribution in [1.82, 2.24) is 14.8 Å². The van der Waals surface area contributed by atoms with Crippen LogP contribution in [0.4, 0.5) is 10.3 Å². The van der Waals surface area contributed by atoms with E-state index in [1.165, 1.54) is 19.5 Å². The lowest BCUT2D eigenvalue weighted by atomic mass is 9.95. The van der Waals surface area contributed by atoms with Crippen LogP contribution in [0.1, 0.15) is 29.7 Å². The third-order valence-corrected chi connectivity index (χ3v) is 6.71. The molecule has 1 N–H and O–H groups in total. The number of fused-ring (bicyclic) bond motifs is 1. The number of nitrogens with zero attached hydrogens (tertiary/aromatic N) is 3. The van der Waals surface area contributed by atoms with Crippen LogP contribution in [0, 0.1) is 5.82 Å². The summed E-state index contributed by atoms with van der Waals surface area (Å²) in [4.78, 5) is 17.7. The number of carbonyl (C=O) groups is 1. The van der Waals surface area contributed by atoms with E-state index in [2.05, 4.69) is 31.3 Å². The number of hydrogen-bond acceptors (Lipinski definition) is 7. The zero-order valence-corrected chi connectivity index (χ0v) is 22.2. The predicted molar refractivity (Wildman–Crippen MR) is 142 cm³/mol. The van der Waals surface area contributed by atoms with Gasteiger partial charge in [0.15, 0.2) is 11.5 Å². The first-order chi connectivity index (χ1) is 18.5. The third kappa shape index (κ3) is 5.12. The second kappa shape index (κ2) is 11.1. The number of esters is 1. The largest absolute Gasteiger partial charge is 0.493 e. The second-order valence-corrected chi connectivity index (χ2v) is 9.42. The van der Waals surface area contributed by atoms with E-state index in [1.807, 2.05) is 36.4 Å². The number of aromatic nitrogens is 3. The number of halogens is 2. The Kier molecular flexibility index (Phi) is 7.41. The molecule has 1 aliphatic rings. The molecule has 0 amide bonds. The van der Waals surface area contributed by atoms with Crippen LogP contribution in [0.15, 0.2) is 88.8 Å². The SMILES string of the molecule is COc1cc(C2C(C(=O)OCc3ccccc3)=C(C)Nc3ncnn32)cc(Br)c1OCc1ccccc1F. The lowest BCUT2D eigenvalue weighted by Crippen LogP contribution is -2.29. The van der Waals surface area contributed by atoms with Crippen LogP contribution in [0.3, 0.4) is 0 Å². The summed E-state index contributed by atoms with van der Waals surface area (Å²) < 4.78 is 33.6. The Labute approximate surface area is 227 Å². The fourth-order valence-corrected chi connectivity index (χ4v) is 4.84. The van der Waals surface area contributed by atoms with Gasteiger partial charge < -0.3 is 19.5 Å². The first-order valence-corrected chi connectivity index (χ1v) is 12.6. The normalized spacial score (nSPS) is 14.5. The quantitative estimate of drug-likeness (QED) is 0.264. The van der Waals surface area contributed by atoms with Gasteiger partial charge in [-0.25, -0.2) is 13.9 Å². The number of carbonyl (C=O) groups excluding carboxylic acids is 1. The van der Waals surface area contributed by atoms with Crippen molar-refractivity contribution in [3.05, 3.63) is 111 Å². The number of ether oxygens (including phenoxy) is 3. The molecule has 0 aliphatic carbocycles. The highest BCUT2D eigenvalue weighted by atomic mass is 79.9. The molecule has 38 heavy (non-hydrogen) atoms. The highest BCUT2D eigenvalue weighted by Gasteiger charge is 2.35. The Balaban J connectivity index is 1.48. The summed E-state index contributed by atoms with van der Waals surface area (Å²) in [5.41, 5.74) is 2.96. The smallest absolute Gasteiger partial charge is 0.338 e. The van der Waals surface area contributed by atoms with Crippen molar-refractivity contribution in [2.75, 3.05) is 12.4 Å². The first-order valence-electron chi connectivity index (χ1n) is 11.8. The maximum absolute atomic E-state index is 14.1. The van der Waals surface area contributed by atoms with E-state index in [9.17, 15) is 9.18 Å². The maximum Gasteiger partial charge on any atom is 0.338 e. The van der Waals surface area contributed by atoms with E-state index in [0.717, 1.165) is 5.56 Å². The van der Waals surface area contributed by atoms with Crippen LogP contribution in [0.25, 0.3) is 0 Å². The van der Waals surface area contributed by atoms with E-state index >= 15 is 0 Å². The van der Waals surface area contributed by atoms with Gasteiger partial charge in [0.05, 0.1) is 17.2 Å². The molecule has 10 heteroatoms.